The molecule has 148 valence electrons. The summed E-state index contributed by atoms with van der Waals surface area (Å²) < 4.78 is 27.0. The number of amides is 1. The van der Waals surface area contributed by atoms with Crippen LogP contribution in [-0.4, -0.2) is 32.4 Å². The van der Waals surface area contributed by atoms with Crippen LogP contribution in [0.4, 0.5) is 0 Å². The van der Waals surface area contributed by atoms with Crippen LogP contribution < -0.4 is 10.0 Å². The van der Waals surface area contributed by atoms with E-state index >= 15 is 0 Å². The van der Waals surface area contributed by atoms with E-state index in [9.17, 15) is 13.2 Å². The van der Waals surface area contributed by atoms with Crippen LogP contribution in [0.15, 0.2) is 65.6 Å². The standard InChI is InChI=1S/C21H19N3O3S2/c1-14-6-8-17(9-7-14)29(26,27)23-11-10-22-20(25)19-13-16-12-15-4-2-3-5-18(15)24-21(16)28-19/h2-9,12-13,23H,10-11H2,1H3,(H,22,25). The van der Waals surface area contributed by atoms with Crippen LogP contribution in [0.5, 0.6) is 0 Å². The second-order valence-corrected chi connectivity index (χ2v) is 9.45. The highest BCUT2D eigenvalue weighted by Gasteiger charge is 2.14. The molecule has 4 aromatic rings. The van der Waals surface area contributed by atoms with Crippen molar-refractivity contribution >= 4 is 48.4 Å². The number of carbonyl (C=O) groups excluding carboxylic acids is 1. The number of fused-ring (bicyclic) bond motifs is 2. The Balaban J connectivity index is 1.38. The van der Waals surface area contributed by atoms with Crippen molar-refractivity contribution in [3.05, 3.63) is 71.1 Å². The number of para-hydroxylation sites is 1. The molecule has 0 aliphatic rings. The van der Waals surface area contributed by atoms with Gasteiger partial charge in [-0.15, -0.1) is 11.3 Å². The number of sulfonamides is 1. The van der Waals surface area contributed by atoms with Crippen molar-refractivity contribution in [1.82, 2.24) is 15.0 Å². The fraction of sp³-hybridized carbons (Fsp3) is 0.143. The molecule has 2 aromatic heterocycles. The fourth-order valence-electron chi connectivity index (χ4n) is 2.94. The quantitative estimate of drug-likeness (QED) is 0.463. The molecule has 0 aliphatic heterocycles. The number of nitrogens with one attached hydrogen (secondary N) is 2. The van der Waals surface area contributed by atoms with Gasteiger partial charge in [0, 0.05) is 23.9 Å². The first-order valence-electron chi connectivity index (χ1n) is 9.06. The van der Waals surface area contributed by atoms with Crippen LogP contribution in [0, 0.1) is 6.92 Å². The van der Waals surface area contributed by atoms with Gasteiger partial charge in [0.1, 0.15) is 4.83 Å². The summed E-state index contributed by atoms with van der Waals surface area (Å²) in [6, 6.07) is 18.2. The minimum atomic E-state index is -3.59. The molecular formula is C21H19N3O3S2. The molecule has 0 radical (unpaired) electrons. The number of benzene rings is 2. The molecular weight excluding hydrogens is 406 g/mol. The second-order valence-electron chi connectivity index (χ2n) is 6.65. The molecule has 4 rings (SSSR count). The molecule has 0 spiro atoms. The summed E-state index contributed by atoms with van der Waals surface area (Å²) in [7, 11) is -3.59. The van der Waals surface area contributed by atoms with Crippen LogP contribution in [0.3, 0.4) is 0 Å². The van der Waals surface area contributed by atoms with E-state index in [0.717, 1.165) is 26.7 Å². The van der Waals surface area contributed by atoms with Gasteiger partial charge in [-0.1, -0.05) is 35.9 Å². The summed E-state index contributed by atoms with van der Waals surface area (Å²) in [6.45, 7) is 2.19. The van der Waals surface area contributed by atoms with E-state index in [2.05, 4.69) is 15.0 Å². The topological polar surface area (TPSA) is 88.2 Å². The second kappa shape index (κ2) is 7.90. The van der Waals surface area contributed by atoms with Crippen LogP contribution in [0.25, 0.3) is 21.1 Å². The summed E-state index contributed by atoms with van der Waals surface area (Å²) in [5, 5.41) is 4.69. The zero-order chi connectivity index (χ0) is 20.4. The molecule has 0 atom stereocenters. The Bertz CT molecular complexity index is 1240. The van der Waals surface area contributed by atoms with Gasteiger partial charge in [0.15, 0.2) is 0 Å². The zero-order valence-corrected chi connectivity index (χ0v) is 17.3. The highest BCUT2D eigenvalue weighted by atomic mass is 32.2. The van der Waals surface area contributed by atoms with E-state index < -0.39 is 10.0 Å². The lowest BCUT2D eigenvalue weighted by atomic mass is 10.2. The summed E-state index contributed by atoms with van der Waals surface area (Å²) >= 11 is 1.32. The summed E-state index contributed by atoms with van der Waals surface area (Å²) in [4.78, 5) is 18.6. The third-order valence-electron chi connectivity index (χ3n) is 4.47. The number of hydrogen-bond acceptors (Lipinski definition) is 5. The molecule has 1 amide bonds. The lowest BCUT2D eigenvalue weighted by molar-refractivity contribution is 0.0958. The third kappa shape index (κ3) is 4.29. The average molecular weight is 426 g/mol. The number of rotatable bonds is 6. The smallest absolute Gasteiger partial charge is 0.261 e. The van der Waals surface area contributed by atoms with Gasteiger partial charge in [0.2, 0.25) is 10.0 Å². The summed E-state index contributed by atoms with van der Waals surface area (Å²) in [6.07, 6.45) is 0. The molecule has 2 N–H and O–H groups in total. The highest BCUT2D eigenvalue weighted by Crippen LogP contribution is 2.27. The van der Waals surface area contributed by atoms with Crippen molar-refractivity contribution in [2.24, 2.45) is 0 Å². The van der Waals surface area contributed by atoms with E-state index in [4.69, 9.17) is 0 Å². The van der Waals surface area contributed by atoms with Crippen LogP contribution in [-0.2, 0) is 10.0 Å². The summed E-state index contributed by atoms with van der Waals surface area (Å²) in [5.74, 6) is -0.244. The van der Waals surface area contributed by atoms with Gasteiger partial charge >= 0.3 is 0 Å². The molecule has 0 saturated carbocycles. The molecule has 2 aromatic carbocycles. The Morgan fingerprint density at radius 1 is 1.00 bits per heavy atom. The van der Waals surface area contributed by atoms with Crippen molar-refractivity contribution in [2.75, 3.05) is 13.1 Å². The fourth-order valence-corrected chi connectivity index (χ4v) is 4.91. The lowest BCUT2D eigenvalue weighted by Crippen LogP contribution is -2.34. The third-order valence-corrected chi connectivity index (χ3v) is 6.99. The van der Waals surface area contributed by atoms with E-state index in [0.29, 0.717) is 4.88 Å². The maximum Gasteiger partial charge on any atom is 0.261 e. The number of nitrogens with zero attached hydrogens (tertiary/aromatic N) is 1. The largest absolute Gasteiger partial charge is 0.350 e. The van der Waals surface area contributed by atoms with E-state index in [1.165, 1.54) is 11.3 Å². The first kappa shape index (κ1) is 19.5. The Labute approximate surface area is 172 Å². The zero-order valence-electron chi connectivity index (χ0n) is 15.7. The molecule has 8 heteroatoms. The monoisotopic (exact) mass is 425 g/mol. The number of aromatic nitrogens is 1. The van der Waals surface area contributed by atoms with Gasteiger partial charge < -0.3 is 5.32 Å². The minimum absolute atomic E-state index is 0.106. The maximum absolute atomic E-state index is 12.4. The highest BCUT2D eigenvalue weighted by molar-refractivity contribution is 7.89. The molecule has 0 unspecified atom stereocenters. The van der Waals surface area contributed by atoms with Gasteiger partial charge in [-0.05, 0) is 37.3 Å². The van der Waals surface area contributed by atoms with Gasteiger partial charge in [-0.2, -0.15) is 0 Å². The normalized spacial score (nSPS) is 11.8. The van der Waals surface area contributed by atoms with Crippen molar-refractivity contribution in [3.63, 3.8) is 0 Å². The molecule has 0 saturated heterocycles. The van der Waals surface area contributed by atoms with Gasteiger partial charge in [-0.25, -0.2) is 18.1 Å². The van der Waals surface area contributed by atoms with Crippen molar-refractivity contribution < 1.29 is 13.2 Å². The lowest BCUT2D eigenvalue weighted by Gasteiger charge is -2.07. The molecule has 0 bridgehead atoms. The van der Waals surface area contributed by atoms with Crippen LogP contribution in [0.2, 0.25) is 0 Å². The number of carbonyl (C=O) groups is 1. The number of hydrogen-bond donors (Lipinski definition) is 2. The summed E-state index contributed by atoms with van der Waals surface area (Å²) in [5.41, 5.74) is 1.88. The van der Waals surface area contributed by atoms with Gasteiger partial charge in [-0.3, -0.25) is 4.79 Å². The van der Waals surface area contributed by atoms with Crippen molar-refractivity contribution in [3.8, 4) is 0 Å². The average Bonchev–Trinajstić information content (AvgIpc) is 3.12. The molecule has 2 heterocycles. The first-order chi connectivity index (χ1) is 13.9. The Kier molecular flexibility index (Phi) is 5.31. The number of thiophene rings is 1. The van der Waals surface area contributed by atoms with E-state index in [-0.39, 0.29) is 23.9 Å². The van der Waals surface area contributed by atoms with E-state index in [1.807, 2.05) is 43.3 Å². The Morgan fingerprint density at radius 2 is 1.76 bits per heavy atom. The Morgan fingerprint density at radius 3 is 2.55 bits per heavy atom. The molecule has 0 fully saturated rings. The predicted octanol–water partition coefficient (Wildman–Crippen LogP) is 3.47. The van der Waals surface area contributed by atoms with Crippen LogP contribution in [0.1, 0.15) is 15.2 Å². The van der Waals surface area contributed by atoms with Gasteiger partial charge in [0.25, 0.3) is 5.91 Å². The first-order valence-corrected chi connectivity index (χ1v) is 11.4. The maximum atomic E-state index is 12.4. The number of pyridine rings is 1. The van der Waals surface area contributed by atoms with E-state index in [1.54, 1.807) is 24.3 Å². The van der Waals surface area contributed by atoms with Gasteiger partial charge in [0.05, 0.1) is 15.3 Å². The SMILES string of the molecule is Cc1ccc(S(=O)(=O)NCCNC(=O)c2cc3cc4ccccc4nc3s2)cc1. The predicted molar refractivity (Wildman–Crippen MR) is 116 cm³/mol. The van der Waals surface area contributed by atoms with Crippen molar-refractivity contribution in [1.29, 1.82) is 0 Å². The Hall–Kier alpha value is -2.81. The molecule has 6 nitrogen and oxygen atoms in total. The molecule has 29 heavy (non-hydrogen) atoms. The number of aryl methyl sites for hydroxylation is 1. The van der Waals surface area contributed by atoms with Crippen molar-refractivity contribution in [2.45, 2.75) is 11.8 Å². The van der Waals surface area contributed by atoms with Crippen LogP contribution >= 0.6 is 11.3 Å². The minimum Gasteiger partial charge on any atom is -0.350 e. The molecule has 0 aliphatic carbocycles.